The number of ether oxygens (including phenoxy) is 1. The Morgan fingerprint density at radius 1 is 1.19 bits per heavy atom. The maximum atomic E-state index is 9.30. The lowest BCUT2D eigenvalue weighted by molar-refractivity contribution is 0.301. The van der Waals surface area contributed by atoms with Gasteiger partial charge in [0.05, 0.1) is 26.0 Å². The lowest BCUT2D eigenvalue weighted by Crippen LogP contribution is -2.27. The van der Waals surface area contributed by atoms with Crippen molar-refractivity contribution >= 4 is 5.69 Å². The summed E-state index contributed by atoms with van der Waals surface area (Å²) in [5, 5.41) is 9.30. The van der Waals surface area contributed by atoms with Gasteiger partial charge in [-0.15, -0.1) is 0 Å². The van der Waals surface area contributed by atoms with Crippen LogP contribution in [0.1, 0.15) is 16.8 Å². The van der Waals surface area contributed by atoms with Crippen LogP contribution in [-0.4, -0.2) is 30.4 Å². The molecule has 1 aromatic heterocycles. The van der Waals surface area contributed by atoms with Crippen molar-refractivity contribution in [3.8, 4) is 5.75 Å². The fourth-order valence-corrected chi connectivity index (χ4v) is 2.47. The summed E-state index contributed by atoms with van der Waals surface area (Å²) in [6, 6.07) is 10.1. The quantitative estimate of drug-likeness (QED) is 0.887. The number of aliphatic hydroxyl groups excluding tert-OH is 1. The van der Waals surface area contributed by atoms with Gasteiger partial charge < -0.3 is 14.7 Å². The van der Waals surface area contributed by atoms with E-state index in [1.54, 1.807) is 7.11 Å². The summed E-state index contributed by atoms with van der Waals surface area (Å²) < 4.78 is 5.46. The molecule has 0 fully saturated rings. The van der Waals surface area contributed by atoms with Gasteiger partial charge in [0, 0.05) is 29.6 Å². The average molecular weight is 286 g/mol. The number of pyridine rings is 1. The highest BCUT2D eigenvalue weighted by molar-refractivity contribution is 5.48. The maximum Gasteiger partial charge on any atom is 0.128 e. The van der Waals surface area contributed by atoms with Crippen LogP contribution in [0.3, 0.4) is 0 Å². The van der Waals surface area contributed by atoms with Crippen LogP contribution in [0.5, 0.6) is 5.75 Å². The molecule has 2 rings (SSSR count). The zero-order chi connectivity index (χ0) is 15.2. The van der Waals surface area contributed by atoms with E-state index < -0.39 is 0 Å². The third kappa shape index (κ3) is 3.52. The number of nitrogens with zero attached hydrogens (tertiary/aromatic N) is 2. The Kier molecular flexibility index (Phi) is 5.17. The molecule has 1 N–H and O–H groups in total. The van der Waals surface area contributed by atoms with Crippen LogP contribution in [0.4, 0.5) is 5.69 Å². The van der Waals surface area contributed by atoms with Crippen LogP contribution < -0.4 is 9.64 Å². The molecular weight excluding hydrogens is 264 g/mol. The summed E-state index contributed by atoms with van der Waals surface area (Å²) >= 11 is 0. The van der Waals surface area contributed by atoms with Crippen LogP contribution in [-0.2, 0) is 6.54 Å². The van der Waals surface area contributed by atoms with Crippen molar-refractivity contribution in [3.63, 3.8) is 0 Å². The number of hydrogen-bond acceptors (Lipinski definition) is 4. The van der Waals surface area contributed by atoms with Crippen LogP contribution >= 0.6 is 0 Å². The topological polar surface area (TPSA) is 45.6 Å². The summed E-state index contributed by atoms with van der Waals surface area (Å²) in [6.07, 6.45) is 1.84. The van der Waals surface area contributed by atoms with Gasteiger partial charge in [0.1, 0.15) is 5.75 Å². The molecular formula is C17H22N2O2. The third-order valence-corrected chi connectivity index (χ3v) is 3.58. The fraction of sp³-hybridized carbons (Fsp3) is 0.353. The molecule has 0 aliphatic carbocycles. The van der Waals surface area contributed by atoms with Gasteiger partial charge in [0.2, 0.25) is 0 Å². The Morgan fingerprint density at radius 3 is 2.52 bits per heavy atom. The normalized spacial score (nSPS) is 10.5. The Morgan fingerprint density at radius 2 is 1.90 bits per heavy atom. The molecule has 0 saturated carbocycles. The van der Waals surface area contributed by atoms with E-state index in [0.29, 0.717) is 13.1 Å². The number of aliphatic hydroxyl groups is 1. The van der Waals surface area contributed by atoms with Crippen LogP contribution in [0.2, 0.25) is 0 Å². The molecule has 0 unspecified atom stereocenters. The van der Waals surface area contributed by atoms with Gasteiger partial charge in [-0.1, -0.05) is 18.2 Å². The predicted molar refractivity (Wildman–Crippen MR) is 84.8 cm³/mol. The predicted octanol–water partition coefficient (Wildman–Crippen LogP) is 2.71. The zero-order valence-corrected chi connectivity index (χ0v) is 12.8. The van der Waals surface area contributed by atoms with Crippen molar-refractivity contribution < 1.29 is 9.84 Å². The zero-order valence-electron chi connectivity index (χ0n) is 12.8. The van der Waals surface area contributed by atoms with Crippen molar-refractivity contribution in [1.82, 2.24) is 4.98 Å². The number of hydrogen-bond donors (Lipinski definition) is 1. The molecule has 112 valence electrons. The SMILES string of the molecule is COc1c(C)cnc(CN(CCO)c2ccccc2)c1C. The number of para-hydroxylation sites is 1. The standard InChI is InChI=1S/C17H22N2O2/c1-13-11-18-16(14(2)17(13)21-3)12-19(9-10-20)15-7-5-4-6-8-15/h4-8,11,20H,9-10,12H2,1-3H3. The highest BCUT2D eigenvalue weighted by atomic mass is 16.5. The molecule has 1 aromatic carbocycles. The molecule has 0 amide bonds. The second-order valence-electron chi connectivity index (χ2n) is 5.03. The van der Waals surface area contributed by atoms with Crippen molar-refractivity contribution in [1.29, 1.82) is 0 Å². The van der Waals surface area contributed by atoms with Gasteiger partial charge in [0.25, 0.3) is 0 Å². The molecule has 4 heteroatoms. The number of aromatic nitrogens is 1. The Balaban J connectivity index is 2.29. The number of rotatable bonds is 6. The first kappa shape index (κ1) is 15.3. The van der Waals surface area contributed by atoms with Gasteiger partial charge in [-0.2, -0.15) is 0 Å². The molecule has 0 radical (unpaired) electrons. The van der Waals surface area contributed by atoms with Crippen LogP contribution in [0.25, 0.3) is 0 Å². The molecule has 0 aliphatic heterocycles. The van der Waals surface area contributed by atoms with Gasteiger partial charge >= 0.3 is 0 Å². The largest absolute Gasteiger partial charge is 0.496 e. The minimum atomic E-state index is 0.108. The van der Waals surface area contributed by atoms with E-state index in [1.807, 2.05) is 50.4 Å². The lowest BCUT2D eigenvalue weighted by atomic mass is 10.1. The van der Waals surface area contributed by atoms with E-state index >= 15 is 0 Å². The smallest absolute Gasteiger partial charge is 0.128 e. The van der Waals surface area contributed by atoms with Gasteiger partial charge in [0.15, 0.2) is 0 Å². The number of methoxy groups -OCH3 is 1. The highest BCUT2D eigenvalue weighted by Crippen LogP contribution is 2.26. The summed E-state index contributed by atoms with van der Waals surface area (Å²) in [7, 11) is 1.68. The summed E-state index contributed by atoms with van der Waals surface area (Å²) in [5.74, 6) is 0.886. The summed E-state index contributed by atoms with van der Waals surface area (Å²) in [4.78, 5) is 6.65. The molecule has 0 aliphatic rings. The third-order valence-electron chi connectivity index (χ3n) is 3.58. The van der Waals surface area contributed by atoms with Crippen molar-refractivity contribution in [3.05, 3.63) is 53.3 Å². The molecule has 2 aromatic rings. The molecule has 0 saturated heterocycles. The first-order valence-electron chi connectivity index (χ1n) is 7.07. The minimum Gasteiger partial charge on any atom is -0.496 e. The second kappa shape index (κ2) is 7.09. The first-order valence-corrected chi connectivity index (χ1v) is 7.07. The first-order chi connectivity index (χ1) is 10.2. The van der Waals surface area contributed by atoms with E-state index in [9.17, 15) is 5.11 Å². The van der Waals surface area contributed by atoms with Crippen LogP contribution in [0, 0.1) is 13.8 Å². The van der Waals surface area contributed by atoms with E-state index in [-0.39, 0.29) is 6.61 Å². The fourth-order valence-electron chi connectivity index (χ4n) is 2.47. The van der Waals surface area contributed by atoms with Gasteiger partial charge in [-0.25, -0.2) is 0 Å². The van der Waals surface area contributed by atoms with E-state index in [2.05, 4.69) is 9.88 Å². The number of benzene rings is 1. The second-order valence-corrected chi connectivity index (χ2v) is 5.03. The minimum absolute atomic E-state index is 0.108. The maximum absolute atomic E-state index is 9.30. The van der Waals surface area contributed by atoms with Crippen molar-refractivity contribution in [2.45, 2.75) is 20.4 Å². The van der Waals surface area contributed by atoms with Crippen molar-refractivity contribution in [2.75, 3.05) is 25.2 Å². The molecule has 21 heavy (non-hydrogen) atoms. The van der Waals surface area contributed by atoms with E-state index in [0.717, 1.165) is 28.3 Å². The van der Waals surface area contributed by atoms with Gasteiger partial charge in [-0.3, -0.25) is 4.98 Å². The number of anilines is 1. The molecule has 0 bridgehead atoms. The van der Waals surface area contributed by atoms with E-state index in [4.69, 9.17) is 4.74 Å². The molecule has 1 heterocycles. The summed E-state index contributed by atoms with van der Waals surface area (Å²) in [6.45, 7) is 5.34. The lowest BCUT2D eigenvalue weighted by Gasteiger charge is -2.25. The van der Waals surface area contributed by atoms with E-state index in [1.165, 1.54) is 0 Å². The Hall–Kier alpha value is -2.07. The Labute approximate surface area is 126 Å². The monoisotopic (exact) mass is 286 g/mol. The average Bonchev–Trinajstić information content (AvgIpc) is 2.51. The highest BCUT2D eigenvalue weighted by Gasteiger charge is 2.13. The summed E-state index contributed by atoms with van der Waals surface area (Å²) in [5.41, 5.74) is 4.13. The number of aryl methyl sites for hydroxylation is 1. The van der Waals surface area contributed by atoms with Crippen LogP contribution in [0.15, 0.2) is 36.5 Å². The van der Waals surface area contributed by atoms with Gasteiger partial charge in [-0.05, 0) is 26.0 Å². The molecule has 0 spiro atoms. The Bertz CT molecular complexity index is 585. The molecule has 4 nitrogen and oxygen atoms in total. The molecule has 0 atom stereocenters. The van der Waals surface area contributed by atoms with Crippen molar-refractivity contribution in [2.24, 2.45) is 0 Å².